The van der Waals surface area contributed by atoms with E-state index in [1.165, 1.54) is 12.1 Å². The van der Waals surface area contributed by atoms with Crippen LogP contribution < -0.4 is 10.2 Å². The summed E-state index contributed by atoms with van der Waals surface area (Å²) >= 11 is 0. The van der Waals surface area contributed by atoms with Gasteiger partial charge >= 0.3 is 0 Å². The van der Waals surface area contributed by atoms with E-state index in [1.54, 1.807) is 13.2 Å². The van der Waals surface area contributed by atoms with Crippen molar-refractivity contribution in [1.82, 2.24) is 15.2 Å². The number of aliphatic imine (C=N–C) groups is 1. The van der Waals surface area contributed by atoms with Crippen molar-refractivity contribution in [1.29, 1.82) is 0 Å². The number of hydrogen-bond acceptors (Lipinski definition) is 4. The van der Waals surface area contributed by atoms with E-state index in [2.05, 4.69) is 45.9 Å². The second-order valence-corrected chi connectivity index (χ2v) is 7.72. The smallest absolute Gasteiger partial charge is 0.213 e. The minimum Gasteiger partial charge on any atom is -0.443 e. The summed E-state index contributed by atoms with van der Waals surface area (Å²) in [6.07, 6.45) is 1.79. The topological polar surface area (TPSA) is 56.9 Å². The molecular formula is C20H28FN5O. The first-order chi connectivity index (χ1) is 12.9. The largest absolute Gasteiger partial charge is 0.443 e. The van der Waals surface area contributed by atoms with Gasteiger partial charge in [-0.1, -0.05) is 20.8 Å². The summed E-state index contributed by atoms with van der Waals surface area (Å²) in [6, 6.07) is 6.66. The fraction of sp³-hybridized carbons (Fsp3) is 0.500. The van der Waals surface area contributed by atoms with E-state index < -0.39 is 0 Å². The van der Waals surface area contributed by atoms with Crippen LogP contribution in [-0.4, -0.2) is 49.1 Å². The highest BCUT2D eigenvalue weighted by Crippen LogP contribution is 2.22. The minimum atomic E-state index is -0.205. The zero-order valence-electron chi connectivity index (χ0n) is 16.5. The molecule has 3 rings (SSSR count). The zero-order chi connectivity index (χ0) is 19.4. The Morgan fingerprint density at radius 2 is 1.85 bits per heavy atom. The van der Waals surface area contributed by atoms with Gasteiger partial charge in [0.2, 0.25) is 5.89 Å². The van der Waals surface area contributed by atoms with Crippen LogP contribution in [0.3, 0.4) is 0 Å². The van der Waals surface area contributed by atoms with Crippen molar-refractivity contribution < 1.29 is 8.81 Å². The lowest BCUT2D eigenvalue weighted by atomic mass is 9.94. The van der Waals surface area contributed by atoms with Crippen molar-refractivity contribution >= 4 is 11.6 Å². The molecule has 1 fully saturated rings. The summed E-state index contributed by atoms with van der Waals surface area (Å²) in [4.78, 5) is 13.2. The van der Waals surface area contributed by atoms with Gasteiger partial charge in [-0.3, -0.25) is 4.99 Å². The third kappa shape index (κ3) is 4.78. The molecule has 0 saturated carbocycles. The van der Waals surface area contributed by atoms with Gasteiger partial charge in [-0.2, -0.15) is 0 Å². The Bertz CT molecular complexity index is 770. The quantitative estimate of drug-likeness (QED) is 0.662. The van der Waals surface area contributed by atoms with Crippen LogP contribution in [0.15, 0.2) is 39.9 Å². The van der Waals surface area contributed by atoms with Crippen molar-refractivity contribution in [3.05, 3.63) is 47.9 Å². The number of benzene rings is 1. The number of nitrogens with zero attached hydrogens (tertiary/aromatic N) is 4. The van der Waals surface area contributed by atoms with Gasteiger partial charge in [0.15, 0.2) is 5.96 Å². The Morgan fingerprint density at radius 1 is 1.19 bits per heavy atom. The summed E-state index contributed by atoms with van der Waals surface area (Å²) in [7, 11) is 1.78. The molecule has 1 aliphatic rings. The van der Waals surface area contributed by atoms with E-state index in [0.29, 0.717) is 12.4 Å². The van der Waals surface area contributed by atoms with E-state index in [4.69, 9.17) is 4.42 Å². The Hall–Kier alpha value is -2.57. The summed E-state index contributed by atoms with van der Waals surface area (Å²) in [5, 5.41) is 3.33. The molecule has 2 heterocycles. The number of oxazole rings is 1. The minimum absolute atomic E-state index is 0.0520. The van der Waals surface area contributed by atoms with Crippen LogP contribution in [0.1, 0.15) is 32.4 Å². The van der Waals surface area contributed by atoms with E-state index in [1.807, 2.05) is 12.1 Å². The molecule has 1 N–H and O–H groups in total. The normalized spacial score (nSPS) is 16.0. The van der Waals surface area contributed by atoms with Gasteiger partial charge < -0.3 is 19.5 Å². The number of halogens is 1. The van der Waals surface area contributed by atoms with Gasteiger partial charge in [0, 0.05) is 44.3 Å². The number of piperazine rings is 1. The summed E-state index contributed by atoms with van der Waals surface area (Å²) in [5.41, 5.74) is 0.998. The highest BCUT2D eigenvalue weighted by Gasteiger charge is 2.21. The summed E-state index contributed by atoms with van der Waals surface area (Å²) < 4.78 is 18.9. The lowest BCUT2D eigenvalue weighted by molar-refractivity contribution is 0.359. The molecule has 2 aromatic rings. The zero-order valence-corrected chi connectivity index (χ0v) is 16.5. The maximum absolute atomic E-state index is 13.1. The number of nitrogens with one attached hydrogen (secondary N) is 1. The third-order valence-corrected chi connectivity index (χ3v) is 4.67. The number of anilines is 1. The molecule has 6 nitrogen and oxygen atoms in total. The van der Waals surface area contributed by atoms with Gasteiger partial charge in [-0.05, 0) is 24.3 Å². The van der Waals surface area contributed by atoms with Crippen molar-refractivity contribution in [3.8, 4) is 0 Å². The SMILES string of the molecule is CN=C(NCc1ncc(C(C)(C)C)o1)N1CCN(c2ccc(F)cc2)CC1. The van der Waals surface area contributed by atoms with Crippen molar-refractivity contribution in [2.24, 2.45) is 4.99 Å². The molecule has 27 heavy (non-hydrogen) atoms. The predicted octanol–water partition coefficient (Wildman–Crippen LogP) is 3.01. The molecule has 1 aromatic carbocycles. The molecule has 0 spiro atoms. The second kappa shape index (κ2) is 7.98. The Balaban J connectivity index is 1.53. The monoisotopic (exact) mass is 373 g/mol. The van der Waals surface area contributed by atoms with Crippen molar-refractivity contribution in [2.45, 2.75) is 32.7 Å². The molecule has 7 heteroatoms. The van der Waals surface area contributed by atoms with Gasteiger partial charge in [-0.25, -0.2) is 9.37 Å². The van der Waals surface area contributed by atoms with E-state index in [-0.39, 0.29) is 11.2 Å². The predicted molar refractivity (Wildman–Crippen MR) is 106 cm³/mol. The number of guanidine groups is 1. The molecule has 0 bridgehead atoms. The standard InChI is InChI=1S/C20H28FN5O/c1-20(2,3)17-13-23-18(27-17)14-24-19(22-4)26-11-9-25(10-12-26)16-7-5-15(21)6-8-16/h5-8,13H,9-12,14H2,1-4H3,(H,22,24). The van der Waals surface area contributed by atoms with Crippen molar-refractivity contribution in [2.75, 3.05) is 38.1 Å². The van der Waals surface area contributed by atoms with Gasteiger partial charge in [0.25, 0.3) is 0 Å². The molecule has 1 aliphatic heterocycles. The van der Waals surface area contributed by atoms with Crippen molar-refractivity contribution in [3.63, 3.8) is 0 Å². The molecule has 0 unspecified atom stereocenters. The van der Waals surface area contributed by atoms with Crippen LogP contribution >= 0.6 is 0 Å². The molecule has 1 saturated heterocycles. The van der Waals surface area contributed by atoms with Gasteiger partial charge in [0.1, 0.15) is 11.6 Å². The Morgan fingerprint density at radius 3 is 2.41 bits per heavy atom. The fourth-order valence-electron chi connectivity index (χ4n) is 3.05. The highest BCUT2D eigenvalue weighted by molar-refractivity contribution is 5.80. The molecule has 146 valence electrons. The van der Waals surface area contributed by atoms with E-state index >= 15 is 0 Å². The molecule has 0 atom stereocenters. The maximum Gasteiger partial charge on any atom is 0.213 e. The number of rotatable bonds is 3. The maximum atomic E-state index is 13.1. The first kappa shape index (κ1) is 19.2. The number of aromatic nitrogens is 1. The average Bonchev–Trinajstić information content (AvgIpc) is 3.13. The van der Waals surface area contributed by atoms with Crippen LogP contribution in [0.5, 0.6) is 0 Å². The van der Waals surface area contributed by atoms with Crippen LogP contribution in [0, 0.1) is 5.82 Å². The Labute approximate surface area is 160 Å². The first-order valence-electron chi connectivity index (χ1n) is 9.28. The number of hydrogen-bond donors (Lipinski definition) is 1. The Kier molecular flexibility index (Phi) is 5.68. The van der Waals surface area contributed by atoms with E-state index in [9.17, 15) is 4.39 Å². The molecule has 1 aromatic heterocycles. The fourth-order valence-corrected chi connectivity index (χ4v) is 3.05. The molecular weight excluding hydrogens is 345 g/mol. The summed E-state index contributed by atoms with van der Waals surface area (Å²) in [6.45, 7) is 10.2. The van der Waals surface area contributed by atoms with E-state index in [0.717, 1.165) is 43.6 Å². The highest BCUT2D eigenvalue weighted by atomic mass is 19.1. The third-order valence-electron chi connectivity index (χ3n) is 4.67. The first-order valence-corrected chi connectivity index (χ1v) is 9.28. The van der Waals surface area contributed by atoms with Crippen LogP contribution in [-0.2, 0) is 12.0 Å². The molecule has 0 amide bonds. The second-order valence-electron chi connectivity index (χ2n) is 7.72. The van der Waals surface area contributed by atoms with Gasteiger partial charge in [-0.15, -0.1) is 0 Å². The van der Waals surface area contributed by atoms with Gasteiger partial charge in [0.05, 0.1) is 12.7 Å². The van der Waals surface area contributed by atoms with Crippen LogP contribution in [0.4, 0.5) is 10.1 Å². The van der Waals surface area contributed by atoms with Crippen LogP contribution in [0.25, 0.3) is 0 Å². The lowest BCUT2D eigenvalue weighted by Gasteiger charge is -2.37. The average molecular weight is 373 g/mol. The molecule has 0 aliphatic carbocycles. The summed E-state index contributed by atoms with van der Waals surface area (Å²) in [5.74, 6) is 2.17. The molecule has 0 radical (unpaired) electrons. The van der Waals surface area contributed by atoms with Crippen LogP contribution in [0.2, 0.25) is 0 Å². The lowest BCUT2D eigenvalue weighted by Crippen LogP contribution is -2.52.